The van der Waals surface area contributed by atoms with Crippen LogP contribution in [0.3, 0.4) is 0 Å². The molecule has 1 aromatic carbocycles. The normalized spacial score (nSPS) is 16.6. The van der Waals surface area contributed by atoms with E-state index < -0.39 is 5.54 Å². The van der Waals surface area contributed by atoms with E-state index in [9.17, 15) is 4.79 Å². The first-order chi connectivity index (χ1) is 12.0. The monoisotopic (exact) mass is 426 g/mol. The van der Waals surface area contributed by atoms with Crippen molar-refractivity contribution < 1.29 is 14.1 Å². The van der Waals surface area contributed by atoms with Gasteiger partial charge in [-0.15, -0.1) is 0 Å². The van der Waals surface area contributed by atoms with Gasteiger partial charge in [0.05, 0.1) is 11.2 Å². The average Bonchev–Trinajstić information content (AvgIpc) is 2.92. The summed E-state index contributed by atoms with van der Waals surface area (Å²) < 4.78 is 11.4. The molecule has 7 heteroatoms. The van der Waals surface area contributed by atoms with Crippen LogP contribution < -0.4 is 5.32 Å². The van der Waals surface area contributed by atoms with Gasteiger partial charge in [-0.2, -0.15) is 0 Å². The number of nitrogens with zero attached hydrogens (tertiary/aromatic N) is 1. The minimum Gasteiger partial charge on any atom is -0.381 e. The number of carbonyl (C=O) groups is 1. The van der Waals surface area contributed by atoms with Gasteiger partial charge in [0.25, 0.3) is 0 Å². The van der Waals surface area contributed by atoms with Gasteiger partial charge >= 0.3 is 0 Å². The maximum Gasteiger partial charge on any atom is 0.229 e. The Hall–Kier alpha value is -1.37. The van der Waals surface area contributed by atoms with Gasteiger partial charge in [-0.05, 0) is 55.5 Å². The Kier molecular flexibility index (Phi) is 5.81. The molecule has 0 radical (unpaired) electrons. The Balaban J connectivity index is 1.73. The summed E-state index contributed by atoms with van der Waals surface area (Å²) in [5.41, 5.74) is 2.22. The van der Waals surface area contributed by atoms with Gasteiger partial charge in [-0.25, -0.2) is 0 Å². The lowest BCUT2D eigenvalue weighted by atomic mass is 9.82. The van der Waals surface area contributed by atoms with Crippen molar-refractivity contribution in [1.82, 2.24) is 10.5 Å². The zero-order valence-electron chi connectivity index (χ0n) is 14.0. The molecule has 0 spiro atoms. The Bertz CT molecular complexity index is 737. The third kappa shape index (κ3) is 4.25. The number of carbonyl (C=O) groups excluding carboxylic acids is 1. The molecule has 134 valence electrons. The summed E-state index contributed by atoms with van der Waals surface area (Å²) in [4.78, 5) is 12.6. The van der Waals surface area contributed by atoms with E-state index in [1.54, 1.807) is 0 Å². The van der Waals surface area contributed by atoms with Crippen LogP contribution in [-0.4, -0.2) is 24.3 Å². The number of benzene rings is 1. The van der Waals surface area contributed by atoms with Crippen LogP contribution in [0.5, 0.6) is 0 Å². The number of nitrogens with one attached hydrogen (secondary N) is 1. The van der Waals surface area contributed by atoms with E-state index in [0.29, 0.717) is 26.1 Å². The largest absolute Gasteiger partial charge is 0.381 e. The zero-order valence-corrected chi connectivity index (χ0v) is 16.3. The molecule has 1 saturated heterocycles. The number of ether oxygens (including phenoxy) is 1. The van der Waals surface area contributed by atoms with E-state index in [1.807, 2.05) is 19.1 Å². The van der Waals surface area contributed by atoms with Gasteiger partial charge in [0, 0.05) is 29.7 Å². The molecule has 0 saturated carbocycles. The van der Waals surface area contributed by atoms with Crippen LogP contribution in [0.4, 0.5) is 0 Å². The van der Waals surface area contributed by atoms with E-state index in [4.69, 9.17) is 20.9 Å². The molecule has 3 rings (SSSR count). The van der Waals surface area contributed by atoms with E-state index in [2.05, 4.69) is 38.5 Å². The maximum atomic E-state index is 12.6. The fraction of sp³-hybridized carbons (Fsp3) is 0.444. The van der Waals surface area contributed by atoms with Crippen LogP contribution in [0.25, 0.3) is 0 Å². The number of aryl methyl sites for hydroxylation is 1. The molecular weight excluding hydrogens is 408 g/mol. The van der Waals surface area contributed by atoms with Crippen molar-refractivity contribution in [2.75, 3.05) is 13.2 Å². The molecule has 1 fully saturated rings. The molecule has 1 N–H and O–H groups in total. The smallest absolute Gasteiger partial charge is 0.229 e. The molecule has 5 nitrogen and oxygen atoms in total. The van der Waals surface area contributed by atoms with Gasteiger partial charge in [0.2, 0.25) is 11.1 Å². The van der Waals surface area contributed by atoms with E-state index >= 15 is 0 Å². The number of halogens is 2. The highest BCUT2D eigenvalue weighted by Crippen LogP contribution is 2.33. The number of rotatable bonds is 5. The van der Waals surface area contributed by atoms with Gasteiger partial charge in [0.1, 0.15) is 0 Å². The predicted molar refractivity (Wildman–Crippen MR) is 98.6 cm³/mol. The second-order valence-corrected chi connectivity index (χ2v) is 7.53. The van der Waals surface area contributed by atoms with Crippen LogP contribution >= 0.6 is 27.5 Å². The summed E-state index contributed by atoms with van der Waals surface area (Å²) in [5, 5.41) is 7.33. The van der Waals surface area contributed by atoms with Crippen LogP contribution in [0.15, 0.2) is 33.3 Å². The van der Waals surface area contributed by atoms with Gasteiger partial charge < -0.3 is 14.6 Å². The van der Waals surface area contributed by atoms with E-state index in [0.717, 1.165) is 34.1 Å². The van der Waals surface area contributed by atoms with Gasteiger partial charge in [-0.3, -0.25) is 4.79 Å². The Morgan fingerprint density at radius 3 is 2.80 bits per heavy atom. The number of hydrogen-bond donors (Lipinski definition) is 1. The lowest BCUT2D eigenvalue weighted by Crippen LogP contribution is -2.49. The molecule has 1 aliphatic heterocycles. The predicted octanol–water partition coefficient (Wildman–Crippen LogP) is 4.15. The average molecular weight is 428 g/mol. The fourth-order valence-corrected chi connectivity index (χ4v) is 3.86. The minimum atomic E-state index is -0.396. The van der Waals surface area contributed by atoms with Crippen molar-refractivity contribution >= 4 is 33.4 Å². The highest BCUT2D eigenvalue weighted by Gasteiger charge is 2.36. The molecule has 25 heavy (non-hydrogen) atoms. The van der Waals surface area contributed by atoms with E-state index in [1.165, 1.54) is 0 Å². The maximum absolute atomic E-state index is 12.6. The summed E-state index contributed by atoms with van der Waals surface area (Å²) in [6.07, 6.45) is 2.34. The minimum absolute atomic E-state index is 0.0152. The highest BCUT2D eigenvalue weighted by atomic mass is 79.9. The number of aromatic nitrogens is 1. The van der Waals surface area contributed by atoms with Crippen LogP contribution in [0.2, 0.25) is 5.22 Å². The van der Waals surface area contributed by atoms with Crippen molar-refractivity contribution in [3.63, 3.8) is 0 Å². The van der Waals surface area contributed by atoms with Gasteiger partial charge in [0.15, 0.2) is 0 Å². The molecule has 2 heterocycles. The Labute approximate surface area is 160 Å². The second kappa shape index (κ2) is 7.89. The molecule has 1 aromatic heterocycles. The molecule has 0 aliphatic carbocycles. The first-order valence-electron chi connectivity index (χ1n) is 8.26. The summed E-state index contributed by atoms with van der Waals surface area (Å²) >= 11 is 9.49. The summed E-state index contributed by atoms with van der Waals surface area (Å²) in [7, 11) is 0. The summed E-state index contributed by atoms with van der Waals surface area (Å²) in [6.45, 7) is 3.08. The molecule has 0 unspecified atom stereocenters. The van der Waals surface area contributed by atoms with Crippen LogP contribution in [-0.2, 0) is 21.5 Å². The summed E-state index contributed by atoms with van der Waals surface area (Å²) in [5.74, 6) is -0.0152. The Morgan fingerprint density at radius 2 is 2.16 bits per heavy atom. The van der Waals surface area contributed by atoms with Crippen molar-refractivity contribution in [3.8, 4) is 0 Å². The molecule has 1 amide bonds. The molecule has 1 aliphatic rings. The first kappa shape index (κ1) is 18.4. The highest BCUT2D eigenvalue weighted by molar-refractivity contribution is 9.10. The van der Waals surface area contributed by atoms with E-state index in [-0.39, 0.29) is 11.1 Å². The second-order valence-electron chi connectivity index (χ2n) is 6.27. The fourth-order valence-electron chi connectivity index (χ4n) is 3.20. The third-order valence-electron chi connectivity index (χ3n) is 4.64. The summed E-state index contributed by atoms with van der Waals surface area (Å²) in [6, 6.07) is 8.09. The SMILES string of the molecule is Cc1noc(Cl)c1CCC(=O)NC1(c2cccc(Br)c2)CCOCC1. The van der Waals surface area contributed by atoms with Crippen LogP contribution in [0.1, 0.15) is 36.1 Å². The quantitative estimate of drug-likeness (QED) is 0.778. The van der Waals surface area contributed by atoms with Crippen molar-refractivity contribution in [2.24, 2.45) is 0 Å². The van der Waals surface area contributed by atoms with Crippen molar-refractivity contribution in [1.29, 1.82) is 0 Å². The molecular formula is C18H20BrClN2O3. The van der Waals surface area contributed by atoms with Crippen molar-refractivity contribution in [2.45, 2.75) is 38.1 Å². The van der Waals surface area contributed by atoms with Gasteiger partial charge in [-0.1, -0.05) is 33.2 Å². The standard InChI is InChI=1S/C18H20BrClN2O3/c1-12-15(17(20)25-22-12)5-6-16(23)21-18(7-9-24-10-8-18)13-3-2-4-14(19)11-13/h2-4,11H,5-10H2,1H3,(H,21,23). The molecule has 0 atom stereocenters. The molecule has 0 bridgehead atoms. The lowest BCUT2D eigenvalue weighted by molar-refractivity contribution is -0.124. The number of hydrogen-bond acceptors (Lipinski definition) is 4. The third-order valence-corrected chi connectivity index (χ3v) is 5.43. The van der Waals surface area contributed by atoms with Crippen molar-refractivity contribution in [3.05, 3.63) is 50.8 Å². The first-order valence-corrected chi connectivity index (χ1v) is 9.43. The zero-order chi connectivity index (χ0) is 17.9. The lowest BCUT2D eigenvalue weighted by Gasteiger charge is -2.38. The topological polar surface area (TPSA) is 64.4 Å². The van der Waals surface area contributed by atoms with Crippen LogP contribution in [0, 0.1) is 6.92 Å². The number of amides is 1. The molecule has 2 aromatic rings. The Morgan fingerprint density at radius 1 is 1.40 bits per heavy atom.